The molecular formula is C21H24N4O. The molecular weight excluding hydrogens is 324 g/mol. The van der Waals surface area contributed by atoms with Crippen LogP contribution >= 0.6 is 0 Å². The van der Waals surface area contributed by atoms with Gasteiger partial charge >= 0.3 is 6.03 Å². The predicted octanol–water partition coefficient (Wildman–Crippen LogP) is 4.71. The molecule has 26 heavy (non-hydrogen) atoms. The summed E-state index contributed by atoms with van der Waals surface area (Å²) < 4.78 is 1.85. The molecule has 0 aliphatic rings. The van der Waals surface area contributed by atoms with E-state index in [1.165, 1.54) is 0 Å². The number of urea groups is 1. The monoisotopic (exact) mass is 348 g/mol. The van der Waals surface area contributed by atoms with E-state index in [2.05, 4.69) is 10.4 Å². The summed E-state index contributed by atoms with van der Waals surface area (Å²) in [4.78, 5) is 14.5. The summed E-state index contributed by atoms with van der Waals surface area (Å²) in [7, 11) is 1.80. The maximum Gasteiger partial charge on any atom is 0.322 e. The Morgan fingerprint density at radius 2 is 1.62 bits per heavy atom. The molecule has 3 aromatic rings. The third-order valence-corrected chi connectivity index (χ3v) is 4.71. The van der Waals surface area contributed by atoms with Crippen molar-refractivity contribution >= 4 is 11.7 Å². The minimum Gasteiger partial charge on any atom is -0.321 e. The van der Waals surface area contributed by atoms with Crippen molar-refractivity contribution in [3.8, 4) is 5.69 Å². The Hall–Kier alpha value is -3.08. The zero-order chi connectivity index (χ0) is 18.7. The summed E-state index contributed by atoms with van der Waals surface area (Å²) in [5.74, 6) is 0. The number of amides is 2. The molecule has 0 unspecified atom stereocenters. The Kier molecular flexibility index (Phi) is 5.07. The molecule has 1 N–H and O–H groups in total. The van der Waals surface area contributed by atoms with Gasteiger partial charge < -0.3 is 10.2 Å². The van der Waals surface area contributed by atoms with E-state index in [1.807, 2.05) is 86.1 Å². The van der Waals surface area contributed by atoms with Crippen molar-refractivity contribution in [2.45, 2.75) is 26.8 Å². The van der Waals surface area contributed by atoms with Gasteiger partial charge in [-0.3, -0.25) is 0 Å². The van der Waals surface area contributed by atoms with Gasteiger partial charge in [0.05, 0.1) is 28.8 Å². The van der Waals surface area contributed by atoms with Crippen LogP contribution in [0, 0.1) is 13.8 Å². The normalized spacial score (nSPS) is 11.8. The highest BCUT2D eigenvalue weighted by Crippen LogP contribution is 2.25. The van der Waals surface area contributed by atoms with Crippen molar-refractivity contribution in [1.29, 1.82) is 0 Å². The molecule has 1 atom stereocenters. The van der Waals surface area contributed by atoms with Gasteiger partial charge in [-0.05, 0) is 38.5 Å². The first-order valence-corrected chi connectivity index (χ1v) is 8.69. The lowest BCUT2D eigenvalue weighted by Crippen LogP contribution is -2.33. The number of aromatic nitrogens is 2. The fourth-order valence-corrected chi connectivity index (χ4v) is 2.97. The highest BCUT2D eigenvalue weighted by atomic mass is 16.2. The molecule has 0 aliphatic heterocycles. The lowest BCUT2D eigenvalue weighted by molar-refractivity contribution is 0.208. The molecule has 0 fully saturated rings. The molecule has 5 heteroatoms. The fourth-order valence-electron chi connectivity index (χ4n) is 2.97. The molecule has 0 spiro atoms. The number of benzene rings is 2. The van der Waals surface area contributed by atoms with E-state index in [1.54, 1.807) is 11.9 Å². The Labute approximate surface area is 154 Å². The van der Waals surface area contributed by atoms with Crippen LogP contribution in [0.5, 0.6) is 0 Å². The molecule has 0 saturated heterocycles. The molecule has 5 nitrogen and oxygen atoms in total. The number of carbonyl (C=O) groups is 1. The Bertz CT molecular complexity index is 887. The zero-order valence-corrected chi connectivity index (χ0v) is 15.6. The summed E-state index contributed by atoms with van der Waals surface area (Å²) in [6.45, 7) is 5.88. The average molecular weight is 348 g/mol. The number of para-hydroxylation sites is 1. The van der Waals surface area contributed by atoms with Crippen molar-refractivity contribution in [2.75, 3.05) is 12.4 Å². The van der Waals surface area contributed by atoms with Crippen LogP contribution in [-0.4, -0.2) is 27.8 Å². The largest absolute Gasteiger partial charge is 0.322 e. The van der Waals surface area contributed by atoms with Crippen molar-refractivity contribution in [3.63, 3.8) is 0 Å². The van der Waals surface area contributed by atoms with Crippen LogP contribution in [0.2, 0.25) is 0 Å². The lowest BCUT2D eigenvalue weighted by Gasteiger charge is -2.25. The van der Waals surface area contributed by atoms with Crippen LogP contribution < -0.4 is 5.32 Å². The van der Waals surface area contributed by atoms with E-state index in [9.17, 15) is 4.79 Å². The Balaban J connectivity index is 1.80. The number of anilines is 1. The third-order valence-electron chi connectivity index (χ3n) is 4.71. The Morgan fingerprint density at radius 3 is 2.23 bits per heavy atom. The van der Waals surface area contributed by atoms with Gasteiger partial charge in [0.15, 0.2) is 0 Å². The molecule has 134 valence electrons. The smallest absolute Gasteiger partial charge is 0.321 e. The number of aryl methyl sites for hydroxylation is 1. The van der Waals surface area contributed by atoms with Gasteiger partial charge in [0.2, 0.25) is 0 Å². The standard InChI is InChI=1S/C21H24N4O/c1-15-20(17(3)25(23-15)19-13-9-6-10-14-19)22-21(26)24(4)16(2)18-11-7-5-8-12-18/h5-14,16H,1-4H3,(H,22,26)/t16-/m1/s1. The summed E-state index contributed by atoms with van der Waals surface area (Å²) in [5, 5.41) is 7.60. The highest BCUT2D eigenvalue weighted by Gasteiger charge is 2.21. The van der Waals surface area contributed by atoms with E-state index >= 15 is 0 Å². The van der Waals surface area contributed by atoms with E-state index < -0.39 is 0 Å². The molecule has 3 rings (SSSR count). The first kappa shape index (κ1) is 17.7. The molecule has 1 aromatic heterocycles. The SMILES string of the molecule is Cc1nn(-c2ccccc2)c(C)c1NC(=O)N(C)[C@H](C)c1ccccc1. The van der Waals surface area contributed by atoms with Crippen LogP contribution in [0.1, 0.15) is 29.9 Å². The first-order valence-electron chi connectivity index (χ1n) is 8.69. The Morgan fingerprint density at radius 1 is 1.04 bits per heavy atom. The van der Waals surface area contributed by atoms with Crippen LogP contribution in [0.25, 0.3) is 5.69 Å². The maximum absolute atomic E-state index is 12.8. The molecule has 0 aliphatic carbocycles. The lowest BCUT2D eigenvalue weighted by atomic mass is 10.1. The number of hydrogen-bond donors (Lipinski definition) is 1. The van der Waals surface area contributed by atoms with E-state index in [4.69, 9.17) is 0 Å². The molecule has 2 amide bonds. The van der Waals surface area contributed by atoms with Gasteiger partial charge in [-0.2, -0.15) is 5.10 Å². The van der Waals surface area contributed by atoms with Crippen molar-refractivity contribution in [3.05, 3.63) is 77.6 Å². The zero-order valence-electron chi connectivity index (χ0n) is 15.6. The second-order valence-electron chi connectivity index (χ2n) is 6.42. The fraction of sp³-hybridized carbons (Fsp3) is 0.238. The molecule has 0 bridgehead atoms. The van der Waals surface area contributed by atoms with Crippen LogP contribution in [0.4, 0.5) is 10.5 Å². The molecule has 1 heterocycles. The second-order valence-corrected chi connectivity index (χ2v) is 6.42. The van der Waals surface area contributed by atoms with Crippen molar-refractivity contribution in [2.24, 2.45) is 0 Å². The molecule has 2 aromatic carbocycles. The average Bonchev–Trinajstić information content (AvgIpc) is 2.96. The minimum absolute atomic E-state index is 0.0269. The van der Waals surface area contributed by atoms with Crippen LogP contribution in [-0.2, 0) is 0 Å². The van der Waals surface area contributed by atoms with Crippen molar-refractivity contribution < 1.29 is 4.79 Å². The molecule has 0 saturated carbocycles. The maximum atomic E-state index is 12.8. The first-order chi connectivity index (χ1) is 12.5. The number of rotatable bonds is 4. The minimum atomic E-state index is -0.153. The van der Waals surface area contributed by atoms with E-state index in [-0.39, 0.29) is 12.1 Å². The quantitative estimate of drug-likeness (QED) is 0.742. The van der Waals surface area contributed by atoms with Gasteiger partial charge in [-0.1, -0.05) is 48.5 Å². The van der Waals surface area contributed by atoms with E-state index in [0.29, 0.717) is 0 Å². The second kappa shape index (κ2) is 7.44. The summed E-state index contributed by atoms with van der Waals surface area (Å²) in [6.07, 6.45) is 0. The van der Waals surface area contributed by atoms with Gasteiger partial charge in [-0.25, -0.2) is 9.48 Å². The number of hydrogen-bond acceptors (Lipinski definition) is 2. The predicted molar refractivity (Wildman–Crippen MR) is 105 cm³/mol. The number of nitrogens with one attached hydrogen (secondary N) is 1. The van der Waals surface area contributed by atoms with Gasteiger partial charge in [0.1, 0.15) is 0 Å². The van der Waals surface area contributed by atoms with Crippen LogP contribution in [0.15, 0.2) is 60.7 Å². The summed E-state index contributed by atoms with van der Waals surface area (Å²) in [6, 6.07) is 19.7. The van der Waals surface area contributed by atoms with E-state index in [0.717, 1.165) is 28.3 Å². The van der Waals surface area contributed by atoms with Gasteiger partial charge in [0, 0.05) is 7.05 Å². The number of carbonyl (C=O) groups excluding carboxylic acids is 1. The number of nitrogens with zero attached hydrogens (tertiary/aromatic N) is 3. The topological polar surface area (TPSA) is 50.2 Å². The summed E-state index contributed by atoms with van der Waals surface area (Å²) in [5.41, 5.74) is 4.52. The highest BCUT2D eigenvalue weighted by molar-refractivity contribution is 5.90. The van der Waals surface area contributed by atoms with Crippen molar-refractivity contribution in [1.82, 2.24) is 14.7 Å². The van der Waals surface area contributed by atoms with Gasteiger partial charge in [0.25, 0.3) is 0 Å². The van der Waals surface area contributed by atoms with Crippen LogP contribution in [0.3, 0.4) is 0 Å². The molecule has 0 radical (unpaired) electrons. The summed E-state index contributed by atoms with van der Waals surface area (Å²) >= 11 is 0. The van der Waals surface area contributed by atoms with Gasteiger partial charge in [-0.15, -0.1) is 0 Å². The third kappa shape index (κ3) is 3.47.